The molecule has 0 N–H and O–H groups in total. The Morgan fingerprint density at radius 2 is 2.30 bits per heavy atom. The van der Waals surface area contributed by atoms with Crippen molar-refractivity contribution in [1.29, 1.82) is 0 Å². The third-order valence-electron chi connectivity index (χ3n) is 5.12. The molecule has 0 bridgehead atoms. The van der Waals surface area contributed by atoms with Gasteiger partial charge >= 0.3 is 0 Å². The summed E-state index contributed by atoms with van der Waals surface area (Å²) < 4.78 is 6.12. The molecule has 5 nitrogen and oxygen atoms in total. The minimum absolute atomic E-state index is 0.0314. The second kappa shape index (κ2) is 6.89. The fourth-order valence-electron chi connectivity index (χ4n) is 3.85. The summed E-state index contributed by atoms with van der Waals surface area (Å²) in [6, 6.07) is 4.29. The van der Waals surface area contributed by atoms with E-state index in [0.717, 1.165) is 45.3 Å². The van der Waals surface area contributed by atoms with Crippen LogP contribution in [0.2, 0.25) is 0 Å². The number of thiophene rings is 1. The third-order valence-corrected chi connectivity index (χ3v) is 5.98. The molecule has 0 radical (unpaired) electrons. The first-order chi connectivity index (χ1) is 11.3. The van der Waals surface area contributed by atoms with Gasteiger partial charge < -0.3 is 4.74 Å². The van der Waals surface area contributed by atoms with Crippen LogP contribution in [-0.4, -0.2) is 54.3 Å². The van der Waals surface area contributed by atoms with Crippen molar-refractivity contribution in [3.63, 3.8) is 0 Å². The van der Waals surface area contributed by atoms with Crippen LogP contribution in [0.15, 0.2) is 17.5 Å². The fourth-order valence-corrected chi connectivity index (χ4v) is 4.60. The van der Waals surface area contributed by atoms with E-state index in [1.54, 1.807) is 11.3 Å². The highest BCUT2D eigenvalue weighted by atomic mass is 32.1. The van der Waals surface area contributed by atoms with Crippen LogP contribution in [-0.2, 0) is 20.9 Å². The highest BCUT2D eigenvalue weighted by Crippen LogP contribution is 2.35. The minimum atomic E-state index is -0.301. The van der Waals surface area contributed by atoms with Gasteiger partial charge in [-0.2, -0.15) is 0 Å². The number of hydrogen-bond acceptors (Lipinski definition) is 5. The molecule has 0 spiro atoms. The highest BCUT2D eigenvalue weighted by Gasteiger charge is 2.43. The molecule has 3 fully saturated rings. The van der Waals surface area contributed by atoms with E-state index in [1.807, 2.05) is 0 Å². The number of hydrogen-bond donors (Lipinski definition) is 0. The Morgan fingerprint density at radius 3 is 3.09 bits per heavy atom. The number of piperidine rings is 1. The molecule has 23 heavy (non-hydrogen) atoms. The van der Waals surface area contributed by atoms with Crippen molar-refractivity contribution in [1.82, 2.24) is 9.96 Å². The summed E-state index contributed by atoms with van der Waals surface area (Å²) in [4.78, 5) is 21.9. The molecule has 4 heterocycles. The molecule has 0 unspecified atom stereocenters. The molecule has 1 amide bonds. The molecular formula is C17H24N2O3S. The molecule has 3 aliphatic rings. The number of carbonyl (C=O) groups excluding carboxylic acids is 1. The molecular weight excluding hydrogens is 312 g/mol. The molecule has 1 aromatic heterocycles. The Bertz CT molecular complexity index is 530. The largest absolute Gasteiger partial charge is 0.363 e. The van der Waals surface area contributed by atoms with Crippen LogP contribution in [0.25, 0.3) is 0 Å². The van der Waals surface area contributed by atoms with Crippen molar-refractivity contribution in [3.8, 4) is 0 Å². The number of nitrogens with zero attached hydrogens (tertiary/aromatic N) is 2. The van der Waals surface area contributed by atoms with Gasteiger partial charge in [-0.15, -0.1) is 11.3 Å². The molecule has 3 aliphatic heterocycles. The maximum absolute atomic E-state index is 12.5. The van der Waals surface area contributed by atoms with Crippen LogP contribution in [0, 0.1) is 5.92 Å². The van der Waals surface area contributed by atoms with Gasteiger partial charge in [0, 0.05) is 24.5 Å². The number of likely N-dealkylation sites (tertiary alicyclic amines) is 1. The lowest BCUT2D eigenvalue weighted by Crippen LogP contribution is -2.43. The first-order valence-electron chi connectivity index (χ1n) is 8.64. The number of fused-ring (bicyclic) bond motifs is 1. The van der Waals surface area contributed by atoms with Gasteiger partial charge in [0.1, 0.15) is 6.10 Å². The smallest absolute Gasteiger partial charge is 0.275 e. The molecule has 3 atom stereocenters. The number of rotatable bonds is 3. The van der Waals surface area contributed by atoms with Gasteiger partial charge in [-0.05, 0) is 49.6 Å². The molecule has 0 aliphatic carbocycles. The molecule has 0 saturated carbocycles. The van der Waals surface area contributed by atoms with E-state index in [1.165, 1.54) is 9.94 Å². The summed E-state index contributed by atoms with van der Waals surface area (Å²) >= 11 is 1.81. The van der Waals surface area contributed by atoms with Gasteiger partial charge in [-0.3, -0.25) is 14.5 Å². The van der Waals surface area contributed by atoms with E-state index in [0.29, 0.717) is 19.1 Å². The lowest BCUT2D eigenvalue weighted by atomic mass is 9.91. The van der Waals surface area contributed by atoms with Crippen LogP contribution in [0.1, 0.15) is 30.6 Å². The van der Waals surface area contributed by atoms with Gasteiger partial charge in [0.25, 0.3) is 5.91 Å². The van der Waals surface area contributed by atoms with Gasteiger partial charge in [0.05, 0.1) is 12.7 Å². The van der Waals surface area contributed by atoms with Crippen LogP contribution >= 0.6 is 11.3 Å². The summed E-state index contributed by atoms with van der Waals surface area (Å²) in [5.74, 6) is 0.553. The number of carbonyl (C=O) groups is 1. The zero-order valence-corrected chi connectivity index (χ0v) is 14.2. The Morgan fingerprint density at radius 1 is 1.35 bits per heavy atom. The lowest BCUT2D eigenvalue weighted by Gasteiger charge is -2.33. The van der Waals surface area contributed by atoms with Gasteiger partial charge in [0.15, 0.2) is 0 Å². The van der Waals surface area contributed by atoms with Crippen molar-refractivity contribution < 1.29 is 14.4 Å². The zero-order valence-electron chi connectivity index (χ0n) is 13.4. The van der Waals surface area contributed by atoms with Crippen LogP contribution in [0.5, 0.6) is 0 Å². The Balaban J connectivity index is 1.33. The first-order valence-corrected chi connectivity index (χ1v) is 9.52. The predicted molar refractivity (Wildman–Crippen MR) is 87.9 cm³/mol. The molecule has 6 heteroatoms. The van der Waals surface area contributed by atoms with Crippen LogP contribution in [0.3, 0.4) is 0 Å². The Hall–Kier alpha value is -0.950. The molecule has 1 aromatic rings. The summed E-state index contributed by atoms with van der Waals surface area (Å²) in [5, 5.41) is 3.66. The predicted octanol–water partition coefficient (Wildman–Crippen LogP) is 2.28. The number of ether oxygens (including phenoxy) is 1. The van der Waals surface area contributed by atoms with E-state index in [2.05, 4.69) is 22.4 Å². The van der Waals surface area contributed by atoms with Crippen LogP contribution < -0.4 is 0 Å². The summed E-state index contributed by atoms with van der Waals surface area (Å²) in [6.45, 7) is 4.40. The molecule has 3 saturated heterocycles. The third kappa shape index (κ3) is 3.45. The highest BCUT2D eigenvalue weighted by molar-refractivity contribution is 7.09. The zero-order chi connectivity index (χ0) is 15.6. The average Bonchev–Trinajstić information content (AvgIpc) is 3.24. The van der Waals surface area contributed by atoms with Crippen LogP contribution in [0.4, 0.5) is 0 Å². The Labute approximate surface area is 141 Å². The lowest BCUT2D eigenvalue weighted by molar-refractivity contribution is -0.206. The monoisotopic (exact) mass is 336 g/mol. The van der Waals surface area contributed by atoms with E-state index in [-0.39, 0.29) is 18.1 Å². The number of amides is 1. The summed E-state index contributed by atoms with van der Waals surface area (Å²) in [6.07, 6.45) is 3.95. The SMILES string of the molecule is O=C([C@H]1C[C@@H]2CCN(Cc3cccs3)C[C@H]2O1)N1CCCCO1. The topological polar surface area (TPSA) is 42.0 Å². The minimum Gasteiger partial charge on any atom is -0.363 e. The van der Waals surface area contributed by atoms with Gasteiger partial charge in [0.2, 0.25) is 0 Å². The van der Waals surface area contributed by atoms with Gasteiger partial charge in [-0.1, -0.05) is 6.07 Å². The molecule has 126 valence electrons. The van der Waals surface area contributed by atoms with E-state index in [4.69, 9.17) is 9.57 Å². The van der Waals surface area contributed by atoms with Gasteiger partial charge in [-0.25, -0.2) is 5.06 Å². The second-order valence-electron chi connectivity index (χ2n) is 6.74. The molecule has 0 aromatic carbocycles. The van der Waals surface area contributed by atoms with Crippen molar-refractivity contribution in [2.24, 2.45) is 5.92 Å². The summed E-state index contributed by atoms with van der Waals surface area (Å²) in [5.41, 5.74) is 0. The fraction of sp³-hybridized carbons (Fsp3) is 0.706. The quantitative estimate of drug-likeness (QED) is 0.849. The first kappa shape index (κ1) is 15.6. The Kier molecular flexibility index (Phi) is 4.66. The molecule has 4 rings (SSSR count). The van der Waals surface area contributed by atoms with Crippen molar-refractivity contribution >= 4 is 17.2 Å². The summed E-state index contributed by atoms with van der Waals surface area (Å²) in [7, 11) is 0. The van der Waals surface area contributed by atoms with Crippen molar-refractivity contribution in [2.75, 3.05) is 26.2 Å². The maximum atomic E-state index is 12.5. The van der Waals surface area contributed by atoms with E-state index in [9.17, 15) is 4.79 Å². The van der Waals surface area contributed by atoms with E-state index >= 15 is 0 Å². The normalized spacial score (nSPS) is 32.0. The average molecular weight is 336 g/mol. The van der Waals surface area contributed by atoms with Crippen molar-refractivity contribution in [2.45, 2.75) is 44.4 Å². The van der Waals surface area contributed by atoms with E-state index < -0.39 is 0 Å². The number of hydroxylamine groups is 2. The van der Waals surface area contributed by atoms with Crippen molar-refractivity contribution in [3.05, 3.63) is 22.4 Å². The second-order valence-corrected chi connectivity index (χ2v) is 7.78. The maximum Gasteiger partial charge on any atom is 0.275 e. The standard InChI is InChI=1S/C17H24N2O3S/c20-17(19-6-1-2-8-21-19)15-10-13-5-7-18(12-16(13)22-15)11-14-4-3-9-23-14/h3-4,9,13,15-16H,1-2,5-8,10-12H2/t13-,15+,16+/m0/s1.